The van der Waals surface area contributed by atoms with Crippen molar-refractivity contribution in [3.05, 3.63) is 41.2 Å². The van der Waals surface area contributed by atoms with Gasteiger partial charge in [0.25, 0.3) is 0 Å². The summed E-state index contributed by atoms with van der Waals surface area (Å²) >= 11 is 0. The summed E-state index contributed by atoms with van der Waals surface area (Å²) in [6, 6.07) is 7.58. The molecule has 0 radical (unpaired) electrons. The number of carbonyl (C=O) groups is 1. The fourth-order valence-electron chi connectivity index (χ4n) is 2.61. The Labute approximate surface area is 93.3 Å². The number of rotatable bonds is 1. The first-order chi connectivity index (χ1) is 7.77. The van der Waals surface area contributed by atoms with Gasteiger partial charge in [-0.3, -0.25) is 0 Å². The lowest BCUT2D eigenvalue weighted by Crippen LogP contribution is -2.10. The molecular weight excluding hydrogens is 202 g/mol. The summed E-state index contributed by atoms with van der Waals surface area (Å²) < 4.78 is 1.90. The normalized spacial score (nSPS) is 15.0. The second-order valence-electron chi connectivity index (χ2n) is 4.30. The van der Waals surface area contributed by atoms with Gasteiger partial charge in [0, 0.05) is 11.2 Å². The maximum Gasteiger partial charge on any atom is 0.352 e. The van der Waals surface area contributed by atoms with E-state index in [1.807, 2.05) is 16.5 Å². The number of hydrogen-bond donors (Lipinski definition) is 1. The van der Waals surface area contributed by atoms with Gasteiger partial charge in [-0.2, -0.15) is 0 Å². The van der Waals surface area contributed by atoms with Gasteiger partial charge < -0.3 is 9.51 Å². The maximum atomic E-state index is 11.2. The van der Waals surface area contributed by atoms with Gasteiger partial charge in [-0.1, -0.05) is 6.07 Å². The topological polar surface area (TPSA) is 41.7 Å². The number of nitrogens with zero attached hydrogens (tertiary/aromatic N) is 1. The number of carboxylic acids is 1. The van der Waals surface area contributed by atoms with E-state index >= 15 is 0 Å². The summed E-state index contributed by atoms with van der Waals surface area (Å²) in [7, 11) is 0. The first-order valence-corrected chi connectivity index (χ1v) is 5.63. The molecule has 0 fully saturated rings. The Hall–Kier alpha value is -1.77. The Morgan fingerprint density at radius 3 is 2.88 bits per heavy atom. The van der Waals surface area contributed by atoms with E-state index in [-0.39, 0.29) is 0 Å². The van der Waals surface area contributed by atoms with Crippen LogP contribution in [-0.2, 0) is 12.8 Å². The highest BCUT2D eigenvalue weighted by atomic mass is 16.4. The van der Waals surface area contributed by atoms with Gasteiger partial charge in [-0.15, -0.1) is 0 Å². The molecule has 3 rings (SSSR count). The van der Waals surface area contributed by atoms with Crippen molar-refractivity contribution in [2.24, 2.45) is 0 Å². The Bertz CT molecular complexity index is 569. The van der Waals surface area contributed by atoms with E-state index in [9.17, 15) is 9.90 Å². The average Bonchev–Trinajstić information content (AvgIpc) is 2.66. The van der Waals surface area contributed by atoms with Crippen molar-refractivity contribution in [3.8, 4) is 0 Å². The fourth-order valence-corrected chi connectivity index (χ4v) is 2.61. The number of aryl methyl sites for hydroxylation is 2. The van der Waals surface area contributed by atoms with Gasteiger partial charge in [0.15, 0.2) is 0 Å². The quantitative estimate of drug-likeness (QED) is 0.794. The Morgan fingerprint density at radius 2 is 2.06 bits per heavy atom. The molecule has 0 amide bonds. The number of carboxylic acid groups (broad SMARTS) is 1. The number of fused-ring (bicyclic) bond motifs is 3. The molecule has 1 aliphatic carbocycles. The number of aromatic carboxylic acids is 1. The molecule has 2 aromatic heterocycles. The maximum absolute atomic E-state index is 11.2. The van der Waals surface area contributed by atoms with Crippen LogP contribution in [0.2, 0.25) is 0 Å². The lowest BCUT2D eigenvalue weighted by Gasteiger charge is -2.13. The molecule has 3 heteroatoms. The molecule has 0 bridgehead atoms. The number of pyridine rings is 1. The monoisotopic (exact) mass is 215 g/mol. The van der Waals surface area contributed by atoms with Crippen LogP contribution in [-0.4, -0.2) is 15.5 Å². The van der Waals surface area contributed by atoms with Gasteiger partial charge in [-0.05, 0) is 49.4 Å². The molecule has 0 atom stereocenters. The largest absolute Gasteiger partial charge is 0.477 e. The Kier molecular flexibility index (Phi) is 1.99. The third kappa shape index (κ3) is 1.24. The zero-order valence-electron chi connectivity index (χ0n) is 8.94. The summed E-state index contributed by atoms with van der Waals surface area (Å²) in [5, 5.41) is 9.18. The summed E-state index contributed by atoms with van der Waals surface area (Å²) in [6.45, 7) is 0. The number of aromatic nitrogens is 1. The van der Waals surface area contributed by atoms with Crippen LogP contribution in [0, 0.1) is 0 Å². The van der Waals surface area contributed by atoms with Crippen molar-refractivity contribution < 1.29 is 9.90 Å². The third-order valence-corrected chi connectivity index (χ3v) is 3.31. The second kappa shape index (κ2) is 3.37. The van der Waals surface area contributed by atoms with Crippen LogP contribution in [0.5, 0.6) is 0 Å². The Balaban J connectivity index is 2.36. The standard InChI is InChI=1S/C13H13NO2/c15-13(16)12-7-3-5-10-8-9-4-1-2-6-11(9)14(10)12/h3,5,7-8H,1-2,4,6H2,(H,15,16). The molecule has 0 unspecified atom stereocenters. The predicted molar refractivity (Wildman–Crippen MR) is 61.0 cm³/mol. The van der Waals surface area contributed by atoms with E-state index in [0.29, 0.717) is 5.69 Å². The van der Waals surface area contributed by atoms with Crippen LogP contribution in [0.4, 0.5) is 0 Å². The van der Waals surface area contributed by atoms with Crippen molar-refractivity contribution >= 4 is 11.5 Å². The van der Waals surface area contributed by atoms with Crippen molar-refractivity contribution in [2.75, 3.05) is 0 Å². The molecule has 0 aliphatic heterocycles. The third-order valence-electron chi connectivity index (χ3n) is 3.31. The van der Waals surface area contributed by atoms with E-state index in [1.165, 1.54) is 17.7 Å². The molecule has 2 aromatic rings. The van der Waals surface area contributed by atoms with Crippen LogP contribution in [0.25, 0.3) is 5.52 Å². The molecule has 0 spiro atoms. The number of hydrogen-bond acceptors (Lipinski definition) is 1. The van der Waals surface area contributed by atoms with E-state index in [1.54, 1.807) is 6.07 Å². The van der Waals surface area contributed by atoms with Crippen LogP contribution in [0.1, 0.15) is 34.6 Å². The van der Waals surface area contributed by atoms with Gasteiger partial charge in [0.1, 0.15) is 5.69 Å². The minimum absolute atomic E-state index is 0.376. The molecular formula is C13H13NO2. The summed E-state index contributed by atoms with van der Waals surface area (Å²) in [5.74, 6) is -0.852. The molecule has 3 nitrogen and oxygen atoms in total. The zero-order chi connectivity index (χ0) is 11.1. The SMILES string of the molecule is O=C(O)c1cccc2cc3c(n12)CCCC3. The smallest absolute Gasteiger partial charge is 0.352 e. The van der Waals surface area contributed by atoms with Crippen LogP contribution >= 0.6 is 0 Å². The van der Waals surface area contributed by atoms with Crippen molar-refractivity contribution in [2.45, 2.75) is 25.7 Å². The Morgan fingerprint density at radius 1 is 1.25 bits per heavy atom. The van der Waals surface area contributed by atoms with E-state index in [0.717, 1.165) is 24.8 Å². The molecule has 1 aliphatic rings. The van der Waals surface area contributed by atoms with E-state index in [2.05, 4.69) is 6.07 Å². The molecule has 82 valence electrons. The second-order valence-corrected chi connectivity index (χ2v) is 4.30. The van der Waals surface area contributed by atoms with Crippen LogP contribution in [0.15, 0.2) is 24.3 Å². The highest BCUT2D eigenvalue weighted by molar-refractivity contribution is 5.87. The molecule has 0 saturated carbocycles. The van der Waals surface area contributed by atoms with Gasteiger partial charge >= 0.3 is 5.97 Å². The zero-order valence-corrected chi connectivity index (χ0v) is 8.94. The summed E-state index contributed by atoms with van der Waals surface area (Å²) in [6.07, 6.45) is 4.45. The van der Waals surface area contributed by atoms with Crippen LogP contribution in [0.3, 0.4) is 0 Å². The summed E-state index contributed by atoms with van der Waals surface area (Å²) in [4.78, 5) is 11.2. The van der Waals surface area contributed by atoms with Gasteiger partial charge in [0.05, 0.1) is 0 Å². The van der Waals surface area contributed by atoms with Crippen molar-refractivity contribution in [3.63, 3.8) is 0 Å². The minimum atomic E-state index is -0.852. The van der Waals surface area contributed by atoms with E-state index in [4.69, 9.17) is 0 Å². The highest BCUT2D eigenvalue weighted by Crippen LogP contribution is 2.26. The lowest BCUT2D eigenvalue weighted by molar-refractivity contribution is 0.0688. The first kappa shape index (κ1) is 9.46. The first-order valence-electron chi connectivity index (χ1n) is 5.63. The van der Waals surface area contributed by atoms with Crippen molar-refractivity contribution in [1.82, 2.24) is 4.40 Å². The van der Waals surface area contributed by atoms with Gasteiger partial charge in [-0.25, -0.2) is 4.79 Å². The molecule has 16 heavy (non-hydrogen) atoms. The average molecular weight is 215 g/mol. The predicted octanol–water partition coefficient (Wildman–Crippen LogP) is 2.52. The lowest BCUT2D eigenvalue weighted by atomic mass is 9.98. The highest BCUT2D eigenvalue weighted by Gasteiger charge is 2.18. The minimum Gasteiger partial charge on any atom is -0.477 e. The summed E-state index contributed by atoms with van der Waals surface area (Å²) in [5.41, 5.74) is 3.90. The molecule has 2 heterocycles. The fraction of sp³-hybridized carbons (Fsp3) is 0.308. The molecule has 0 aromatic carbocycles. The van der Waals surface area contributed by atoms with Gasteiger partial charge in [0.2, 0.25) is 0 Å². The molecule has 1 N–H and O–H groups in total. The molecule has 0 saturated heterocycles. The van der Waals surface area contributed by atoms with Crippen molar-refractivity contribution in [1.29, 1.82) is 0 Å². The van der Waals surface area contributed by atoms with E-state index < -0.39 is 5.97 Å². The van der Waals surface area contributed by atoms with Crippen LogP contribution < -0.4 is 0 Å².